The molecule has 0 unspecified atom stereocenters. The molecule has 0 saturated heterocycles. The van der Waals surface area contributed by atoms with Crippen LogP contribution in [0.1, 0.15) is 30.9 Å². The van der Waals surface area contributed by atoms with Crippen molar-refractivity contribution in [1.82, 2.24) is 10.6 Å². The maximum atomic E-state index is 12.8. The molecule has 0 saturated carbocycles. The summed E-state index contributed by atoms with van der Waals surface area (Å²) in [5.74, 6) is 2.44. The summed E-state index contributed by atoms with van der Waals surface area (Å²) in [6.07, 6.45) is 0.833. The van der Waals surface area contributed by atoms with E-state index in [4.69, 9.17) is 18.6 Å². The number of thioether (sulfide) groups is 1. The van der Waals surface area contributed by atoms with E-state index in [-0.39, 0.29) is 6.61 Å². The van der Waals surface area contributed by atoms with Crippen LogP contribution < -0.4 is 20.1 Å². The standard InChI is InChI=1S/C22H24N2O6S/c1-3-27-21(25)19-15(23-22(26)24-20(19)17-7-5-13(2)30-17)12-31-14-6-8-16-18(11-14)29-10-4-9-28-16/h5-8,11,20H,3-4,9-10,12H2,1-2H3,(H2,23,24,26)/t20-/m0/s1. The second-order valence-electron chi connectivity index (χ2n) is 7.04. The molecule has 8 nitrogen and oxygen atoms in total. The largest absolute Gasteiger partial charge is 0.490 e. The van der Waals surface area contributed by atoms with Gasteiger partial charge in [-0.2, -0.15) is 0 Å². The lowest BCUT2D eigenvalue weighted by atomic mass is 10.0. The fraction of sp³-hybridized carbons (Fsp3) is 0.364. The van der Waals surface area contributed by atoms with Gasteiger partial charge in [0.1, 0.15) is 17.6 Å². The number of hydrogen-bond donors (Lipinski definition) is 2. The van der Waals surface area contributed by atoms with E-state index in [9.17, 15) is 9.59 Å². The Labute approximate surface area is 184 Å². The van der Waals surface area contributed by atoms with Crippen molar-refractivity contribution in [3.8, 4) is 11.5 Å². The third-order valence-electron chi connectivity index (χ3n) is 4.80. The van der Waals surface area contributed by atoms with Crippen molar-refractivity contribution in [2.45, 2.75) is 31.2 Å². The van der Waals surface area contributed by atoms with Crippen LogP contribution in [0.25, 0.3) is 0 Å². The number of furan rings is 1. The number of urea groups is 1. The summed E-state index contributed by atoms with van der Waals surface area (Å²) in [5.41, 5.74) is 0.816. The number of benzene rings is 1. The van der Waals surface area contributed by atoms with Crippen molar-refractivity contribution in [3.05, 3.63) is 53.1 Å². The number of ether oxygens (including phenoxy) is 3. The van der Waals surface area contributed by atoms with Crippen molar-refractivity contribution in [2.24, 2.45) is 0 Å². The first-order chi connectivity index (χ1) is 15.0. The maximum Gasteiger partial charge on any atom is 0.338 e. The van der Waals surface area contributed by atoms with E-state index in [2.05, 4.69) is 10.6 Å². The molecule has 1 aromatic heterocycles. The van der Waals surface area contributed by atoms with Gasteiger partial charge in [-0.05, 0) is 44.2 Å². The second-order valence-corrected chi connectivity index (χ2v) is 8.09. The lowest BCUT2D eigenvalue weighted by molar-refractivity contribution is -0.139. The molecule has 2 amide bonds. The Morgan fingerprint density at radius 1 is 1.19 bits per heavy atom. The van der Waals surface area contributed by atoms with Gasteiger partial charge in [-0.1, -0.05) is 0 Å². The molecule has 2 aliphatic rings. The Hall–Kier alpha value is -3.07. The van der Waals surface area contributed by atoms with Crippen molar-refractivity contribution < 1.29 is 28.2 Å². The monoisotopic (exact) mass is 444 g/mol. The number of fused-ring (bicyclic) bond motifs is 1. The van der Waals surface area contributed by atoms with Gasteiger partial charge in [-0.15, -0.1) is 11.8 Å². The molecule has 0 radical (unpaired) electrons. The number of esters is 1. The van der Waals surface area contributed by atoms with Crippen molar-refractivity contribution in [1.29, 1.82) is 0 Å². The van der Waals surface area contributed by atoms with Crippen LogP contribution >= 0.6 is 11.8 Å². The first-order valence-corrected chi connectivity index (χ1v) is 11.1. The van der Waals surface area contributed by atoms with Crippen LogP contribution in [0.15, 0.2) is 50.9 Å². The van der Waals surface area contributed by atoms with Gasteiger partial charge in [-0.25, -0.2) is 9.59 Å². The summed E-state index contributed by atoms with van der Waals surface area (Å²) in [6, 6.07) is 8.13. The summed E-state index contributed by atoms with van der Waals surface area (Å²) in [7, 11) is 0. The summed E-state index contributed by atoms with van der Waals surface area (Å²) in [6.45, 7) is 5.00. The third-order valence-corrected chi connectivity index (χ3v) is 5.82. The van der Waals surface area contributed by atoms with Crippen molar-refractivity contribution >= 4 is 23.8 Å². The molecule has 2 N–H and O–H groups in total. The average molecular weight is 445 g/mol. The number of amides is 2. The van der Waals surface area contributed by atoms with Crippen LogP contribution in [0, 0.1) is 6.92 Å². The van der Waals surface area contributed by atoms with Gasteiger partial charge in [0.25, 0.3) is 0 Å². The first kappa shape index (κ1) is 21.2. The molecule has 0 spiro atoms. The predicted octanol–water partition coefficient (Wildman–Crippen LogP) is 3.71. The maximum absolute atomic E-state index is 12.8. The van der Waals surface area contributed by atoms with Crippen LogP contribution in [0.5, 0.6) is 11.5 Å². The van der Waals surface area contributed by atoms with Gasteiger partial charge < -0.3 is 29.3 Å². The van der Waals surface area contributed by atoms with E-state index in [1.54, 1.807) is 26.0 Å². The second kappa shape index (κ2) is 9.38. The average Bonchev–Trinajstić information content (AvgIpc) is 3.05. The number of carbonyl (C=O) groups is 2. The fourth-order valence-electron chi connectivity index (χ4n) is 3.39. The van der Waals surface area contributed by atoms with E-state index >= 15 is 0 Å². The Kier molecular flexibility index (Phi) is 6.41. The number of nitrogens with one attached hydrogen (secondary N) is 2. The molecule has 0 fully saturated rings. The van der Waals surface area contributed by atoms with Gasteiger partial charge >= 0.3 is 12.0 Å². The highest BCUT2D eigenvalue weighted by Crippen LogP contribution is 2.36. The van der Waals surface area contributed by atoms with Crippen LogP contribution in [0.3, 0.4) is 0 Å². The molecule has 4 rings (SSSR count). The number of aryl methyl sites for hydroxylation is 1. The third kappa shape index (κ3) is 4.82. The summed E-state index contributed by atoms with van der Waals surface area (Å²) >= 11 is 1.48. The molecular formula is C22H24N2O6S. The van der Waals surface area contributed by atoms with Gasteiger partial charge in [0.05, 0.1) is 25.4 Å². The van der Waals surface area contributed by atoms with E-state index in [0.29, 0.717) is 47.5 Å². The normalized spacial score (nSPS) is 18.1. The summed E-state index contributed by atoms with van der Waals surface area (Å²) in [5, 5.41) is 5.53. The molecule has 164 valence electrons. The van der Waals surface area contributed by atoms with Crippen molar-refractivity contribution in [3.63, 3.8) is 0 Å². The van der Waals surface area contributed by atoms with Gasteiger partial charge in [-0.3, -0.25) is 0 Å². The number of rotatable bonds is 6. The quantitative estimate of drug-likeness (QED) is 0.518. The molecule has 1 aromatic carbocycles. The Morgan fingerprint density at radius 3 is 2.74 bits per heavy atom. The van der Waals surface area contributed by atoms with E-state index in [1.807, 2.05) is 18.2 Å². The minimum Gasteiger partial charge on any atom is -0.490 e. The fourth-order valence-corrected chi connectivity index (χ4v) is 4.29. The highest BCUT2D eigenvalue weighted by atomic mass is 32.2. The lowest BCUT2D eigenvalue weighted by Crippen LogP contribution is -2.46. The molecule has 0 aliphatic carbocycles. The van der Waals surface area contributed by atoms with E-state index in [1.165, 1.54) is 11.8 Å². The topological polar surface area (TPSA) is 99.0 Å². The van der Waals surface area contributed by atoms with Crippen LogP contribution in [-0.2, 0) is 9.53 Å². The van der Waals surface area contributed by atoms with Crippen LogP contribution in [0.2, 0.25) is 0 Å². The predicted molar refractivity (Wildman–Crippen MR) is 114 cm³/mol. The molecule has 3 heterocycles. The van der Waals surface area contributed by atoms with Gasteiger partial charge in [0.15, 0.2) is 11.5 Å². The molecule has 0 bridgehead atoms. The minimum absolute atomic E-state index is 0.225. The number of hydrogen-bond acceptors (Lipinski definition) is 7. The Bertz CT molecular complexity index is 1020. The van der Waals surface area contributed by atoms with E-state index in [0.717, 1.165) is 17.1 Å². The molecule has 1 atom stereocenters. The molecular weight excluding hydrogens is 420 g/mol. The van der Waals surface area contributed by atoms with Gasteiger partial charge in [0.2, 0.25) is 0 Å². The Morgan fingerprint density at radius 2 is 2.00 bits per heavy atom. The highest BCUT2D eigenvalue weighted by Gasteiger charge is 2.35. The zero-order valence-corrected chi connectivity index (χ0v) is 18.2. The molecule has 9 heteroatoms. The van der Waals surface area contributed by atoms with E-state index < -0.39 is 18.0 Å². The zero-order chi connectivity index (χ0) is 21.8. The number of carbonyl (C=O) groups excluding carboxylic acids is 2. The van der Waals surface area contributed by atoms with Crippen LogP contribution in [0.4, 0.5) is 4.79 Å². The van der Waals surface area contributed by atoms with Crippen molar-refractivity contribution in [2.75, 3.05) is 25.6 Å². The highest BCUT2D eigenvalue weighted by molar-refractivity contribution is 7.99. The van der Waals surface area contributed by atoms with Gasteiger partial charge in [0, 0.05) is 22.8 Å². The smallest absolute Gasteiger partial charge is 0.338 e. The summed E-state index contributed by atoms with van der Waals surface area (Å²) < 4.78 is 22.4. The summed E-state index contributed by atoms with van der Waals surface area (Å²) in [4.78, 5) is 26.1. The molecule has 31 heavy (non-hydrogen) atoms. The molecule has 2 aliphatic heterocycles. The lowest BCUT2D eigenvalue weighted by Gasteiger charge is -2.27. The first-order valence-electron chi connectivity index (χ1n) is 10.1. The minimum atomic E-state index is -0.721. The molecule has 2 aromatic rings. The Balaban J connectivity index is 1.62. The zero-order valence-electron chi connectivity index (χ0n) is 17.4. The van der Waals surface area contributed by atoms with Crippen LogP contribution in [-0.4, -0.2) is 37.6 Å². The SMILES string of the molecule is CCOC(=O)C1=C(CSc2ccc3c(c2)OCCCO3)NC(=O)N[C@H]1c1ccc(C)o1.